The zero-order valence-electron chi connectivity index (χ0n) is 8.09. The van der Waals surface area contributed by atoms with Crippen LogP contribution in [0.3, 0.4) is 0 Å². The number of nitrogens with two attached hydrogens (primary N) is 1. The van der Waals surface area contributed by atoms with Crippen molar-refractivity contribution in [1.82, 2.24) is 10.6 Å². The van der Waals surface area contributed by atoms with Crippen molar-refractivity contribution < 1.29 is 9.59 Å². The van der Waals surface area contributed by atoms with E-state index in [0.717, 1.165) is 0 Å². The SMILES string of the molecule is CC(=O)N[C@H]([C]=O)CCCNC(=N)N. The van der Waals surface area contributed by atoms with Gasteiger partial charge in [0, 0.05) is 13.5 Å². The lowest BCUT2D eigenvalue weighted by Gasteiger charge is -2.10. The minimum Gasteiger partial charge on any atom is -0.370 e. The lowest BCUT2D eigenvalue weighted by atomic mass is 10.2. The molecule has 0 saturated carbocycles. The van der Waals surface area contributed by atoms with E-state index in [1.807, 2.05) is 0 Å². The first-order chi connectivity index (χ1) is 6.56. The van der Waals surface area contributed by atoms with E-state index in [-0.39, 0.29) is 11.9 Å². The van der Waals surface area contributed by atoms with Gasteiger partial charge in [-0.3, -0.25) is 15.0 Å². The van der Waals surface area contributed by atoms with Crippen LogP contribution < -0.4 is 16.4 Å². The van der Waals surface area contributed by atoms with Gasteiger partial charge < -0.3 is 16.4 Å². The Morgan fingerprint density at radius 1 is 1.64 bits per heavy atom. The molecule has 0 saturated heterocycles. The van der Waals surface area contributed by atoms with Crippen LogP contribution in [-0.2, 0) is 9.59 Å². The van der Waals surface area contributed by atoms with Crippen molar-refractivity contribution in [3.8, 4) is 0 Å². The Labute approximate surface area is 82.7 Å². The van der Waals surface area contributed by atoms with Gasteiger partial charge in [0.1, 0.15) is 0 Å². The van der Waals surface area contributed by atoms with Gasteiger partial charge in [-0.05, 0) is 12.8 Å². The summed E-state index contributed by atoms with van der Waals surface area (Å²) in [7, 11) is 0. The number of amides is 1. The predicted octanol–water partition coefficient (Wildman–Crippen LogP) is -1.14. The van der Waals surface area contributed by atoms with Crippen molar-refractivity contribution in [2.75, 3.05) is 6.54 Å². The Bertz CT molecular complexity index is 217. The van der Waals surface area contributed by atoms with Crippen molar-refractivity contribution in [2.24, 2.45) is 5.73 Å². The van der Waals surface area contributed by atoms with Crippen LogP contribution in [0.1, 0.15) is 19.8 Å². The third-order valence-corrected chi connectivity index (χ3v) is 1.50. The average molecular weight is 199 g/mol. The van der Waals surface area contributed by atoms with Crippen LogP contribution in [0, 0.1) is 5.41 Å². The quantitative estimate of drug-likeness (QED) is 0.246. The van der Waals surface area contributed by atoms with Crippen LogP contribution >= 0.6 is 0 Å². The predicted molar refractivity (Wildman–Crippen MR) is 52.4 cm³/mol. The first-order valence-electron chi connectivity index (χ1n) is 4.29. The molecule has 1 amide bonds. The van der Waals surface area contributed by atoms with Gasteiger partial charge in [-0.2, -0.15) is 0 Å². The summed E-state index contributed by atoms with van der Waals surface area (Å²) in [5.74, 6) is -0.353. The van der Waals surface area contributed by atoms with Crippen molar-refractivity contribution in [1.29, 1.82) is 5.41 Å². The zero-order chi connectivity index (χ0) is 11.0. The third-order valence-electron chi connectivity index (χ3n) is 1.50. The number of carbonyl (C=O) groups excluding carboxylic acids is 2. The fraction of sp³-hybridized carbons (Fsp3) is 0.625. The van der Waals surface area contributed by atoms with Crippen molar-refractivity contribution in [2.45, 2.75) is 25.8 Å². The molecule has 1 radical (unpaired) electrons. The standard InChI is InChI=1S/C8H15N4O2/c1-6(14)12-7(5-13)3-2-4-11-8(9)10/h7H,2-4H2,1H3,(H,12,14)(H4,9,10,11)/t7-/m0/s1. The highest BCUT2D eigenvalue weighted by Gasteiger charge is 2.08. The van der Waals surface area contributed by atoms with Crippen LogP contribution in [-0.4, -0.2) is 30.7 Å². The van der Waals surface area contributed by atoms with Crippen molar-refractivity contribution in [3.05, 3.63) is 0 Å². The van der Waals surface area contributed by atoms with Crippen LogP contribution in [0.15, 0.2) is 0 Å². The van der Waals surface area contributed by atoms with E-state index < -0.39 is 6.04 Å². The lowest BCUT2D eigenvalue weighted by Crippen LogP contribution is -2.36. The van der Waals surface area contributed by atoms with Gasteiger partial charge in [-0.15, -0.1) is 0 Å². The van der Waals surface area contributed by atoms with Gasteiger partial charge in [0.15, 0.2) is 5.96 Å². The Balaban J connectivity index is 3.57. The molecule has 0 aromatic rings. The van der Waals surface area contributed by atoms with Gasteiger partial charge >= 0.3 is 0 Å². The van der Waals surface area contributed by atoms with Gasteiger partial charge in [0.2, 0.25) is 12.2 Å². The lowest BCUT2D eigenvalue weighted by molar-refractivity contribution is -0.119. The topological polar surface area (TPSA) is 108 Å². The molecule has 0 unspecified atom stereocenters. The number of nitrogens with one attached hydrogen (secondary N) is 3. The van der Waals surface area contributed by atoms with Crippen LogP contribution in [0.25, 0.3) is 0 Å². The second-order valence-electron chi connectivity index (χ2n) is 2.85. The highest BCUT2D eigenvalue weighted by Crippen LogP contribution is 1.93. The molecule has 0 rings (SSSR count). The summed E-state index contributed by atoms with van der Waals surface area (Å²) in [5, 5.41) is 11.9. The second-order valence-corrected chi connectivity index (χ2v) is 2.85. The molecule has 0 aliphatic heterocycles. The fourth-order valence-corrected chi connectivity index (χ4v) is 0.935. The minimum absolute atomic E-state index is 0.101. The van der Waals surface area contributed by atoms with E-state index in [1.54, 1.807) is 6.29 Å². The maximum absolute atomic E-state index is 10.6. The molecule has 6 heteroatoms. The highest BCUT2D eigenvalue weighted by molar-refractivity contribution is 5.77. The monoisotopic (exact) mass is 199 g/mol. The third kappa shape index (κ3) is 7.08. The van der Waals surface area contributed by atoms with Crippen LogP contribution in [0.4, 0.5) is 0 Å². The highest BCUT2D eigenvalue weighted by atomic mass is 16.2. The first-order valence-corrected chi connectivity index (χ1v) is 4.29. The summed E-state index contributed by atoms with van der Waals surface area (Å²) >= 11 is 0. The molecule has 6 nitrogen and oxygen atoms in total. The molecule has 0 heterocycles. The Morgan fingerprint density at radius 2 is 2.29 bits per heavy atom. The van der Waals surface area contributed by atoms with E-state index in [4.69, 9.17) is 11.1 Å². The molecule has 0 spiro atoms. The maximum Gasteiger partial charge on any atom is 0.222 e. The smallest absolute Gasteiger partial charge is 0.222 e. The molecular weight excluding hydrogens is 184 g/mol. The fourth-order valence-electron chi connectivity index (χ4n) is 0.935. The number of hydrogen-bond donors (Lipinski definition) is 4. The van der Waals surface area contributed by atoms with E-state index >= 15 is 0 Å². The van der Waals surface area contributed by atoms with Gasteiger partial charge in [0.05, 0.1) is 6.04 Å². The summed E-state index contributed by atoms with van der Waals surface area (Å²) in [6.45, 7) is 1.85. The Hall–Kier alpha value is -1.59. The van der Waals surface area contributed by atoms with E-state index in [0.29, 0.717) is 19.4 Å². The molecule has 1 atom stereocenters. The van der Waals surface area contributed by atoms with E-state index in [1.165, 1.54) is 6.92 Å². The van der Waals surface area contributed by atoms with Crippen molar-refractivity contribution >= 4 is 18.2 Å². The van der Waals surface area contributed by atoms with Gasteiger partial charge in [-0.1, -0.05) is 0 Å². The van der Waals surface area contributed by atoms with E-state index in [2.05, 4.69) is 10.6 Å². The number of guanidine groups is 1. The molecule has 0 bridgehead atoms. The number of rotatable bonds is 6. The number of carbonyl (C=O) groups is 1. The second kappa shape index (κ2) is 6.88. The molecule has 0 aromatic carbocycles. The molecule has 0 aromatic heterocycles. The molecule has 0 aliphatic rings. The first kappa shape index (κ1) is 12.4. The maximum atomic E-state index is 10.6. The van der Waals surface area contributed by atoms with Gasteiger partial charge in [0.25, 0.3) is 0 Å². The zero-order valence-corrected chi connectivity index (χ0v) is 8.09. The number of hydrogen-bond acceptors (Lipinski definition) is 3. The summed E-state index contributed by atoms with van der Waals surface area (Å²) < 4.78 is 0. The molecule has 0 fully saturated rings. The normalized spacial score (nSPS) is 11.5. The Morgan fingerprint density at radius 3 is 2.71 bits per heavy atom. The minimum atomic E-state index is -0.568. The van der Waals surface area contributed by atoms with Crippen LogP contribution in [0.5, 0.6) is 0 Å². The molecular formula is C8H15N4O2. The summed E-state index contributed by atoms with van der Waals surface area (Å²) in [6.07, 6.45) is 2.85. The largest absolute Gasteiger partial charge is 0.370 e. The summed E-state index contributed by atoms with van der Waals surface area (Å²) in [6, 6.07) is -0.568. The molecule has 79 valence electrons. The summed E-state index contributed by atoms with van der Waals surface area (Å²) in [4.78, 5) is 20.9. The van der Waals surface area contributed by atoms with E-state index in [9.17, 15) is 9.59 Å². The summed E-state index contributed by atoms with van der Waals surface area (Å²) in [5.41, 5.74) is 5.05. The Kier molecular flexibility index (Phi) is 6.09. The molecule has 5 N–H and O–H groups in total. The molecule has 0 aliphatic carbocycles. The van der Waals surface area contributed by atoms with Crippen LogP contribution in [0.2, 0.25) is 0 Å². The average Bonchev–Trinajstić information content (AvgIpc) is 2.09. The molecule has 14 heavy (non-hydrogen) atoms. The van der Waals surface area contributed by atoms with Crippen molar-refractivity contribution in [3.63, 3.8) is 0 Å². The van der Waals surface area contributed by atoms with Gasteiger partial charge in [-0.25, -0.2) is 0 Å².